The second-order valence-electron chi connectivity index (χ2n) is 4.79. The minimum atomic E-state index is -1.01. The van der Waals surface area contributed by atoms with Gasteiger partial charge in [-0.2, -0.15) is 0 Å². The summed E-state index contributed by atoms with van der Waals surface area (Å²) in [6.45, 7) is 3.58. The fourth-order valence-electron chi connectivity index (χ4n) is 1.66. The first-order valence-electron chi connectivity index (χ1n) is 6.96. The smallest absolute Gasteiger partial charge is 0.859 e. The van der Waals surface area contributed by atoms with Crippen molar-refractivity contribution in [2.75, 3.05) is 19.8 Å². The van der Waals surface area contributed by atoms with Gasteiger partial charge in [0, 0.05) is 6.54 Å². The minimum absolute atomic E-state index is 0. The third-order valence-electron chi connectivity index (χ3n) is 2.54. The molecule has 0 bridgehead atoms. The van der Waals surface area contributed by atoms with Crippen LogP contribution in [0.1, 0.15) is 39.5 Å². The van der Waals surface area contributed by atoms with E-state index in [-0.39, 0.29) is 55.2 Å². The summed E-state index contributed by atoms with van der Waals surface area (Å²) in [5.74, 6) is -1.38. The van der Waals surface area contributed by atoms with Crippen LogP contribution in [0.15, 0.2) is 17.1 Å². The maximum atomic E-state index is 11.5. The van der Waals surface area contributed by atoms with Gasteiger partial charge in [-0.05, 0) is 25.7 Å². The van der Waals surface area contributed by atoms with Crippen molar-refractivity contribution in [1.29, 1.82) is 0 Å². The number of aliphatic imine (C=N–C) groups is 1. The Bertz CT molecular complexity index is 333. The molecule has 7 heteroatoms. The van der Waals surface area contributed by atoms with Crippen molar-refractivity contribution in [3.05, 3.63) is 12.2 Å². The predicted octanol–water partition coefficient (Wildman–Crippen LogP) is -2.39. The number of carbonyl (C=O) groups is 1. The molecule has 0 radical (unpaired) electrons. The van der Waals surface area contributed by atoms with Gasteiger partial charge in [0.1, 0.15) is 0 Å². The molecule has 0 fully saturated rings. The number of hydrogen-bond acceptors (Lipinski definition) is 5. The van der Waals surface area contributed by atoms with E-state index in [1.54, 1.807) is 13.0 Å². The van der Waals surface area contributed by atoms with Crippen LogP contribution in [0, 0.1) is 0 Å². The molecular formula is C14H25N2NaO4. The Balaban J connectivity index is 0. The maximum Gasteiger partial charge on any atom is 1.00 e. The molecule has 0 aliphatic rings. The average molecular weight is 308 g/mol. The zero-order valence-electron chi connectivity index (χ0n) is 13.3. The van der Waals surface area contributed by atoms with Crippen molar-refractivity contribution in [1.82, 2.24) is 4.90 Å². The van der Waals surface area contributed by atoms with Crippen LogP contribution < -0.4 is 34.7 Å². The Morgan fingerprint density at radius 1 is 1.43 bits per heavy atom. The monoisotopic (exact) mass is 308 g/mol. The fourth-order valence-corrected chi connectivity index (χ4v) is 1.66. The van der Waals surface area contributed by atoms with Crippen molar-refractivity contribution >= 4 is 11.9 Å². The quantitative estimate of drug-likeness (QED) is 0.192. The SMILES string of the molecule is CCCCC/C=C/C([O-])=NCN(CC(=O)O)CC(C)O.[Na+]. The Kier molecular flexibility index (Phi) is 15.8. The van der Waals surface area contributed by atoms with Crippen LogP contribution >= 0.6 is 0 Å². The third-order valence-corrected chi connectivity index (χ3v) is 2.54. The second kappa shape index (κ2) is 14.5. The van der Waals surface area contributed by atoms with Gasteiger partial charge in [0.25, 0.3) is 0 Å². The van der Waals surface area contributed by atoms with Crippen LogP contribution in [0.2, 0.25) is 0 Å². The Hall–Kier alpha value is -0.400. The first kappa shape index (κ1) is 22.9. The molecule has 0 saturated carbocycles. The summed E-state index contributed by atoms with van der Waals surface area (Å²) >= 11 is 0. The first-order chi connectivity index (χ1) is 9.45. The van der Waals surface area contributed by atoms with Gasteiger partial charge in [-0.1, -0.05) is 31.9 Å². The van der Waals surface area contributed by atoms with Crippen LogP contribution in [0.3, 0.4) is 0 Å². The van der Waals surface area contributed by atoms with Crippen molar-refractivity contribution in [3.63, 3.8) is 0 Å². The van der Waals surface area contributed by atoms with E-state index in [4.69, 9.17) is 5.11 Å². The number of carboxylic acid groups (broad SMARTS) is 1. The van der Waals surface area contributed by atoms with Crippen molar-refractivity contribution in [2.24, 2.45) is 4.99 Å². The molecule has 0 aromatic rings. The number of aliphatic hydroxyl groups excluding tert-OH is 1. The molecule has 0 aliphatic heterocycles. The number of nitrogens with zero attached hydrogens (tertiary/aromatic N) is 2. The summed E-state index contributed by atoms with van der Waals surface area (Å²) in [5, 5.41) is 29.4. The molecule has 0 saturated heterocycles. The van der Waals surface area contributed by atoms with Gasteiger partial charge in [0.05, 0.1) is 19.3 Å². The van der Waals surface area contributed by atoms with Gasteiger partial charge < -0.3 is 15.3 Å². The first-order valence-corrected chi connectivity index (χ1v) is 6.96. The van der Waals surface area contributed by atoms with Gasteiger partial charge in [-0.3, -0.25) is 14.7 Å². The second-order valence-corrected chi connectivity index (χ2v) is 4.79. The summed E-state index contributed by atoms with van der Waals surface area (Å²) in [4.78, 5) is 15.8. The predicted molar refractivity (Wildman–Crippen MR) is 76.5 cm³/mol. The van der Waals surface area contributed by atoms with Crippen LogP contribution in [0.25, 0.3) is 0 Å². The minimum Gasteiger partial charge on any atom is -0.859 e. The summed E-state index contributed by atoms with van der Waals surface area (Å²) in [7, 11) is 0. The van der Waals surface area contributed by atoms with Gasteiger partial charge in [-0.15, -0.1) is 0 Å². The topological polar surface area (TPSA) is 96.2 Å². The van der Waals surface area contributed by atoms with Crippen molar-refractivity contribution in [3.8, 4) is 0 Å². The molecule has 0 aromatic heterocycles. The number of unbranched alkanes of at least 4 members (excludes halogenated alkanes) is 3. The molecule has 0 aliphatic carbocycles. The van der Waals surface area contributed by atoms with E-state index in [0.29, 0.717) is 0 Å². The number of rotatable bonds is 11. The van der Waals surface area contributed by atoms with Gasteiger partial charge in [0.2, 0.25) is 0 Å². The van der Waals surface area contributed by atoms with E-state index < -0.39 is 12.1 Å². The number of carboxylic acids is 1. The molecule has 116 valence electrons. The third kappa shape index (κ3) is 15.8. The molecule has 0 aromatic carbocycles. The van der Waals surface area contributed by atoms with E-state index in [1.807, 2.05) is 0 Å². The van der Waals surface area contributed by atoms with Gasteiger partial charge in [0.15, 0.2) is 0 Å². The van der Waals surface area contributed by atoms with Crippen LogP contribution in [0.4, 0.5) is 0 Å². The molecule has 21 heavy (non-hydrogen) atoms. The zero-order chi connectivity index (χ0) is 15.4. The van der Waals surface area contributed by atoms with E-state index in [1.165, 1.54) is 11.0 Å². The molecule has 0 rings (SSSR count). The van der Waals surface area contributed by atoms with Crippen molar-refractivity contribution in [2.45, 2.75) is 45.6 Å². The average Bonchev–Trinajstić information content (AvgIpc) is 2.34. The van der Waals surface area contributed by atoms with E-state index in [2.05, 4.69) is 11.9 Å². The van der Waals surface area contributed by atoms with Crippen LogP contribution in [0.5, 0.6) is 0 Å². The Morgan fingerprint density at radius 3 is 2.62 bits per heavy atom. The number of aliphatic carboxylic acids is 1. The summed E-state index contributed by atoms with van der Waals surface area (Å²) < 4.78 is 0. The molecular weight excluding hydrogens is 283 g/mol. The summed E-state index contributed by atoms with van der Waals surface area (Å²) in [5.41, 5.74) is 0. The standard InChI is InChI=1S/C14H26N2O4.Na/c1-3-4-5-6-7-8-13(18)15-11-16(9-12(2)17)10-14(19)20;/h7-8,12,17H,3-6,9-11H2,1-2H3,(H,15,18)(H,19,20);/q;+1/p-1/b8-7+;. The number of hydrogen-bond donors (Lipinski definition) is 2. The molecule has 0 amide bonds. The largest absolute Gasteiger partial charge is 1.00 e. The number of aliphatic hydroxyl groups is 1. The van der Waals surface area contributed by atoms with Crippen molar-refractivity contribution < 1.29 is 49.7 Å². The molecule has 2 N–H and O–H groups in total. The summed E-state index contributed by atoms with van der Waals surface area (Å²) in [6.07, 6.45) is 6.71. The Labute approximate surface area is 148 Å². The fraction of sp³-hybridized carbons (Fsp3) is 0.714. The molecule has 0 spiro atoms. The van der Waals surface area contributed by atoms with Gasteiger partial charge in [-0.25, -0.2) is 0 Å². The van der Waals surface area contributed by atoms with Crippen LogP contribution in [-0.4, -0.2) is 52.8 Å². The molecule has 0 heterocycles. The van der Waals surface area contributed by atoms with Gasteiger partial charge >= 0.3 is 35.5 Å². The normalized spacial score (nSPS) is 13.4. The molecule has 1 unspecified atom stereocenters. The van der Waals surface area contributed by atoms with E-state index in [9.17, 15) is 15.0 Å². The molecule has 1 atom stereocenters. The molecule has 6 nitrogen and oxygen atoms in total. The van der Waals surface area contributed by atoms with E-state index in [0.717, 1.165) is 25.7 Å². The van der Waals surface area contributed by atoms with E-state index >= 15 is 0 Å². The summed E-state index contributed by atoms with van der Waals surface area (Å²) in [6, 6.07) is 0. The van der Waals surface area contributed by atoms with Crippen LogP contribution in [-0.2, 0) is 4.79 Å². The zero-order valence-corrected chi connectivity index (χ0v) is 15.3. The number of allylic oxidation sites excluding steroid dienone is 1. The maximum absolute atomic E-state index is 11.5. The Morgan fingerprint density at radius 2 is 2.10 bits per heavy atom.